The van der Waals surface area contributed by atoms with Crippen LogP contribution in [0.4, 0.5) is 10.1 Å². The van der Waals surface area contributed by atoms with Crippen LogP contribution < -0.4 is 10.2 Å². The highest BCUT2D eigenvalue weighted by Gasteiger charge is 2.18. The predicted octanol–water partition coefficient (Wildman–Crippen LogP) is 1.64. The fourth-order valence-corrected chi connectivity index (χ4v) is 2.14. The zero-order valence-electron chi connectivity index (χ0n) is 13.4. The smallest absolute Gasteiger partial charge is 0.241 e. The van der Waals surface area contributed by atoms with E-state index in [2.05, 4.69) is 5.32 Å². The molecule has 0 aromatic heterocycles. The van der Waals surface area contributed by atoms with E-state index < -0.39 is 0 Å². The second-order valence-corrected chi connectivity index (χ2v) is 4.87. The molecule has 1 rings (SSSR count). The molecule has 1 aromatic rings. The standard InChI is InChI=1S/C16H24FN3O2/c1-4-18-15(21)11-19(5-2)12-16(22)20(6-3)14-9-7-13(17)8-10-14/h7-10H,4-6,11-12H2,1-3H3,(H,18,21). The first-order valence-electron chi connectivity index (χ1n) is 7.56. The first-order chi connectivity index (χ1) is 10.5. The summed E-state index contributed by atoms with van der Waals surface area (Å²) in [6, 6.07) is 5.82. The maximum Gasteiger partial charge on any atom is 0.241 e. The van der Waals surface area contributed by atoms with Crippen LogP contribution >= 0.6 is 0 Å². The number of rotatable bonds is 8. The van der Waals surface area contributed by atoms with Crippen LogP contribution in [0.1, 0.15) is 20.8 Å². The minimum Gasteiger partial charge on any atom is -0.355 e. The van der Waals surface area contributed by atoms with Crippen LogP contribution in [0.15, 0.2) is 24.3 Å². The van der Waals surface area contributed by atoms with Crippen LogP contribution in [-0.4, -0.2) is 49.4 Å². The lowest BCUT2D eigenvalue weighted by atomic mass is 10.2. The van der Waals surface area contributed by atoms with Gasteiger partial charge in [0.15, 0.2) is 0 Å². The van der Waals surface area contributed by atoms with Crippen molar-refractivity contribution in [3.63, 3.8) is 0 Å². The highest BCUT2D eigenvalue weighted by molar-refractivity contribution is 5.95. The summed E-state index contributed by atoms with van der Waals surface area (Å²) >= 11 is 0. The summed E-state index contributed by atoms with van der Waals surface area (Å²) in [5.41, 5.74) is 0.656. The SMILES string of the molecule is CCNC(=O)CN(CC)CC(=O)N(CC)c1ccc(F)cc1. The minimum absolute atomic E-state index is 0.0954. The quantitative estimate of drug-likeness (QED) is 0.794. The predicted molar refractivity (Wildman–Crippen MR) is 85.2 cm³/mol. The maximum atomic E-state index is 13.0. The minimum atomic E-state index is -0.335. The normalized spacial score (nSPS) is 10.6. The molecule has 0 aliphatic heterocycles. The number of halogens is 1. The zero-order chi connectivity index (χ0) is 16.5. The first-order valence-corrected chi connectivity index (χ1v) is 7.56. The third kappa shape index (κ3) is 5.44. The molecule has 0 aliphatic rings. The zero-order valence-corrected chi connectivity index (χ0v) is 13.4. The monoisotopic (exact) mass is 309 g/mol. The second-order valence-electron chi connectivity index (χ2n) is 4.87. The molecule has 1 N–H and O–H groups in total. The highest BCUT2D eigenvalue weighted by Crippen LogP contribution is 2.15. The van der Waals surface area contributed by atoms with Gasteiger partial charge in [0.05, 0.1) is 13.1 Å². The molecular formula is C16H24FN3O2. The number of hydrogen-bond donors (Lipinski definition) is 1. The van der Waals surface area contributed by atoms with Gasteiger partial charge >= 0.3 is 0 Å². The Morgan fingerprint density at radius 3 is 2.18 bits per heavy atom. The van der Waals surface area contributed by atoms with Crippen LogP contribution in [0, 0.1) is 5.82 Å². The number of likely N-dealkylation sites (N-methyl/N-ethyl adjacent to an activating group) is 3. The van der Waals surface area contributed by atoms with Crippen molar-refractivity contribution >= 4 is 17.5 Å². The summed E-state index contributed by atoms with van der Waals surface area (Å²) in [6.45, 7) is 7.62. The van der Waals surface area contributed by atoms with Gasteiger partial charge in [-0.3, -0.25) is 14.5 Å². The summed E-state index contributed by atoms with van der Waals surface area (Å²) in [7, 11) is 0. The average Bonchev–Trinajstić information content (AvgIpc) is 2.49. The van der Waals surface area contributed by atoms with Crippen molar-refractivity contribution in [3.05, 3.63) is 30.1 Å². The van der Waals surface area contributed by atoms with Crippen molar-refractivity contribution in [3.8, 4) is 0 Å². The van der Waals surface area contributed by atoms with E-state index in [1.54, 1.807) is 21.9 Å². The lowest BCUT2D eigenvalue weighted by Gasteiger charge is -2.25. The Balaban J connectivity index is 2.70. The van der Waals surface area contributed by atoms with Gasteiger partial charge in [-0.05, 0) is 44.7 Å². The van der Waals surface area contributed by atoms with Crippen molar-refractivity contribution in [2.45, 2.75) is 20.8 Å². The Bertz CT molecular complexity index is 491. The highest BCUT2D eigenvalue weighted by atomic mass is 19.1. The van der Waals surface area contributed by atoms with E-state index >= 15 is 0 Å². The Kier molecular flexibility index (Phi) is 7.52. The largest absolute Gasteiger partial charge is 0.355 e. The van der Waals surface area contributed by atoms with E-state index in [0.29, 0.717) is 25.3 Å². The fraction of sp³-hybridized carbons (Fsp3) is 0.500. The van der Waals surface area contributed by atoms with Crippen molar-refractivity contribution < 1.29 is 14.0 Å². The molecule has 122 valence electrons. The Morgan fingerprint density at radius 2 is 1.68 bits per heavy atom. The van der Waals surface area contributed by atoms with Gasteiger partial charge in [0.25, 0.3) is 0 Å². The number of carbonyl (C=O) groups is 2. The van der Waals surface area contributed by atoms with E-state index in [-0.39, 0.29) is 30.7 Å². The third-order valence-electron chi connectivity index (χ3n) is 3.30. The first kappa shape index (κ1) is 18.1. The number of hydrogen-bond acceptors (Lipinski definition) is 3. The molecule has 0 spiro atoms. The van der Waals surface area contributed by atoms with Gasteiger partial charge in [0, 0.05) is 18.8 Å². The van der Waals surface area contributed by atoms with Crippen molar-refractivity contribution in [2.24, 2.45) is 0 Å². The summed E-state index contributed by atoms with van der Waals surface area (Å²) in [5.74, 6) is -0.541. The van der Waals surface area contributed by atoms with Gasteiger partial charge in [0.1, 0.15) is 5.82 Å². The summed E-state index contributed by atoms with van der Waals surface area (Å²) in [6.07, 6.45) is 0. The molecule has 0 fully saturated rings. The molecule has 2 amide bonds. The molecule has 0 saturated carbocycles. The van der Waals surface area contributed by atoms with Crippen LogP contribution in [0.3, 0.4) is 0 Å². The molecule has 0 saturated heterocycles. The molecular weight excluding hydrogens is 285 g/mol. The molecule has 5 nitrogen and oxygen atoms in total. The van der Waals surface area contributed by atoms with Gasteiger partial charge in [-0.1, -0.05) is 6.92 Å². The van der Waals surface area contributed by atoms with Crippen LogP contribution in [0.25, 0.3) is 0 Å². The summed E-state index contributed by atoms with van der Waals surface area (Å²) in [5, 5.41) is 2.72. The van der Waals surface area contributed by atoms with Crippen LogP contribution in [-0.2, 0) is 9.59 Å². The molecule has 0 bridgehead atoms. The molecule has 22 heavy (non-hydrogen) atoms. The van der Waals surface area contributed by atoms with E-state index in [9.17, 15) is 14.0 Å². The molecule has 6 heteroatoms. The molecule has 0 aliphatic carbocycles. The van der Waals surface area contributed by atoms with Crippen molar-refractivity contribution in [1.29, 1.82) is 0 Å². The molecule has 0 radical (unpaired) electrons. The Labute approximate surface area is 131 Å². The van der Waals surface area contributed by atoms with Gasteiger partial charge in [-0.15, -0.1) is 0 Å². The number of amides is 2. The van der Waals surface area contributed by atoms with Gasteiger partial charge in [0.2, 0.25) is 11.8 Å². The average molecular weight is 309 g/mol. The van der Waals surface area contributed by atoms with Crippen LogP contribution in [0.5, 0.6) is 0 Å². The van der Waals surface area contributed by atoms with Gasteiger partial charge in [-0.25, -0.2) is 4.39 Å². The van der Waals surface area contributed by atoms with Gasteiger partial charge < -0.3 is 10.2 Å². The summed E-state index contributed by atoms with van der Waals surface area (Å²) < 4.78 is 13.0. The summed E-state index contributed by atoms with van der Waals surface area (Å²) in [4.78, 5) is 27.4. The number of anilines is 1. The number of nitrogens with zero attached hydrogens (tertiary/aromatic N) is 2. The number of benzene rings is 1. The van der Waals surface area contributed by atoms with E-state index in [1.165, 1.54) is 12.1 Å². The van der Waals surface area contributed by atoms with Crippen LogP contribution in [0.2, 0.25) is 0 Å². The molecule has 1 aromatic carbocycles. The van der Waals surface area contributed by atoms with E-state index in [1.807, 2.05) is 20.8 Å². The third-order valence-corrected chi connectivity index (χ3v) is 3.30. The maximum absolute atomic E-state index is 13.0. The van der Waals surface area contributed by atoms with E-state index in [0.717, 1.165) is 0 Å². The molecule has 0 heterocycles. The Hall–Kier alpha value is -1.95. The number of carbonyl (C=O) groups excluding carboxylic acids is 2. The lowest BCUT2D eigenvalue weighted by molar-refractivity contribution is -0.123. The molecule has 0 unspecified atom stereocenters. The lowest BCUT2D eigenvalue weighted by Crippen LogP contribution is -2.44. The van der Waals surface area contributed by atoms with E-state index in [4.69, 9.17) is 0 Å². The topological polar surface area (TPSA) is 52.7 Å². The Morgan fingerprint density at radius 1 is 1.05 bits per heavy atom. The van der Waals surface area contributed by atoms with Crippen molar-refractivity contribution in [1.82, 2.24) is 10.2 Å². The fourth-order valence-electron chi connectivity index (χ4n) is 2.14. The molecule has 0 atom stereocenters. The number of nitrogens with one attached hydrogen (secondary N) is 1. The van der Waals surface area contributed by atoms with Crippen molar-refractivity contribution in [2.75, 3.05) is 37.6 Å². The second kappa shape index (κ2) is 9.15. The van der Waals surface area contributed by atoms with Gasteiger partial charge in [-0.2, -0.15) is 0 Å².